The second-order valence-electron chi connectivity index (χ2n) is 6.25. The summed E-state index contributed by atoms with van der Waals surface area (Å²) in [4.78, 5) is 0. The van der Waals surface area contributed by atoms with Crippen molar-refractivity contribution in [2.45, 2.75) is 85.5 Å². The lowest BCUT2D eigenvalue weighted by atomic mass is 9.84. The molecule has 1 fully saturated rings. The molecule has 96 valence electrons. The Morgan fingerprint density at radius 3 is 2.44 bits per heavy atom. The van der Waals surface area contributed by atoms with Crippen LogP contribution in [-0.4, -0.2) is 0 Å². The van der Waals surface area contributed by atoms with E-state index in [4.69, 9.17) is 0 Å². The van der Waals surface area contributed by atoms with Gasteiger partial charge in [-0.1, -0.05) is 66.2 Å². The number of hydrogen-bond donors (Lipinski definition) is 0. The van der Waals surface area contributed by atoms with Crippen LogP contribution < -0.4 is 0 Å². The van der Waals surface area contributed by atoms with E-state index in [0.29, 0.717) is 0 Å². The zero-order chi connectivity index (χ0) is 12.0. The van der Waals surface area contributed by atoms with E-state index in [-0.39, 0.29) is 0 Å². The Labute approximate surface area is 103 Å². The van der Waals surface area contributed by atoms with Gasteiger partial charge in [0.2, 0.25) is 0 Å². The first-order valence-electron chi connectivity index (χ1n) is 7.68. The Kier molecular flexibility index (Phi) is 5.86. The monoisotopic (exact) mass is 224 g/mol. The molecule has 0 radical (unpaired) electrons. The van der Waals surface area contributed by atoms with Crippen LogP contribution >= 0.6 is 0 Å². The Bertz CT molecular complexity index is 184. The van der Waals surface area contributed by atoms with Gasteiger partial charge in [-0.2, -0.15) is 0 Å². The summed E-state index contributed by atoms with van der Waals surface area (Å²) in [7, 11) is 0. The fourth-order valence-corrected chi connectivity index (χ4v) is 3.69. The average molecular weight is 224 g/mol. The first-order chi connectivity index (χ1) is 7.68. The Morgan fingerprint density at radius 1 is 1.12 bits per heavy atom. The molecule has 0 N–H and O–H groups in total. The minimum absolute atomic E-state index is 0.790. The van der Waals surface area contributed by atoms with Crippen LogP contribution in [-0.2, 0) is 0 Å². The molecule has 1 saturated carbocycles. The summed E-state index contributed by atoms with van der Waals surface area (Å²) >= 11 is 0. The van der Waals surface area contributed by atoms with E-state index >= 15 is 0 Å². The molecule has 1 aliphatic carbocycles. The fraction of sp³-hybridized carbons (Fsp3) is 1.00. The highest BCUT2D eigenvalue weighted by atomic mass is 14.6. The molecule has 0 aromatic carbocycles. The Morgan fingerprint density at radius 2 is 1.88 bits per heavy atom. The molecule has 1 aliphatic rings. The van der Waals surface area contributed by atoms with Crippen LogP contribution in [0.1, 0.15) is 85.5 Å². The highest BCUT2D eigenvalue weighted by molar-refractivity contribution is 5.01. The van der Waals surface area contributed by atoms with Crippen LogP contribution in [0.2, 0.25) is 0 Å². The van der Waals surface area contributed by atoms with E-state index in [1.807, 2.05) is 0 Å². The van der Waals surface area contributed by atoms with Crippen molar-refractivity contribution in [3.63, 3.8) is 0 Å². The summed E-state index contributed by atoms with van der Waals surface area (Å²) < 4.78 is 0. The third-order valence-electron chi connectivity index (χ3n) is 4.55. The highest BCUT2D eigenvalue weighted by Crippen LogP contribution is 2.61. The zero-order valence-corrected chi connectivity index (χ0v) is 12.0. The van der Waals surface area contributed by atoms with Crippen molar-refractivity contribution >= 4 is 0 Å². The van der Waals surface area contributed by atoms with Crippen LogP contribution in [0.3, 0.4) is 0 Å². The second-order valence-corrected chi connectivity index (χ2v) is 6.25. The predicted molar refractivity (Wildman–Crippen MR) is 73.7 cm³/mol. The van der Waals surface area contributed by atoms with Crippen LogP contribution in [0.15, 0.2) is 0 Å². The van der Waals surface area contributed by atoms with Crippen LogP contribution in [0.4, 0.5) is 0 Å². The molecule has 0 heteroatoms. The maximum atomic E-state index is 2.48. The van der Waals surface area contributed by atoms with Crippen LogP contribution in [0.5, 0.6) is 0 Å². The minimum atomic E-state index is 0.790. The summed E-state index contributed by atoms with van der Waals surface area (Å²) in [6, 6.07) is 0. The van der Waals surface area contributed by atoms with Gasteiger partial charge < -0.3 is 0 Å². The van der Waals surface area contributed by atoms with Gasteiger partial charge in [0.05, 0.1) is 0 Å². The molecule has 0 heterocycles. The van der Waals surface area contributed by atoms with Crippen molar-refractivity contribution in [3.05, 3.63) is 0 Å². The Balaban J connectivity index is 2.35. The highest BCUT2D eigenvalue weighted by Gasteiger charge is 2.51. The van der Waals surface area contributed by atoms with Gasteiger partial charge in [-0.05, 0) is 36.5 Å². The van der Waals surface area contributed by atoms with Crippen molar-refractivity contribution in [1.29, 1.82) is 0 Å². The van der Waals surface area contributed by atoms with Gasteiger partial charge in [0.15, 0.2) is 0 Å². The van der Waals surface area contributed by atoms with Gasteiger partial charge in [-0.3, -0.25) is 0 Å². The normalized spacial score (nSPS) is 30.4. The van der Waals surface area contributed by atoms with Crippen molar-refractivity contribution in [2.75, 3.05) is 0 Å². The van der Waals surface area contributed by atoms with Crippen LogP contribution in [0, 0.1) is 17.3 Å². The Hall–Kier alpha value is 0. The van der Waals surface area contributed by atoms with Crippen molar-refractivity contribution in [1.82, 2.24) is 0 Å². The van der Waals surface area contributed by atoms with E-state index < -0.39 is 0 Å². The third-order valence-corrected chi connectivity index (χ3v) is 4.55. The molecule has 0 bridgehead atoms. The standard InChI is InChI=1S/C16H32/c1-5-8-10-14(4)12-16(11-7-3)13-15(16)9-6-2/h14-15H,5-13H2,1-4H3. The predicted octanol–water partition coefficient (Wildman–Crippen LogP) is 5.81. The van der Waals surface area contributed by atoms with Crippen LogP contribution in [0.25, 0.3) is 0 Å². The molecule has 0 nitrogen and oxygen atoms in total. The average Bonchev–Trinajstić information content (AvgIpc) is 2.89. The molecule has 0 amide bonds. The summed E-state index contributed by atoms with van der Waals surface area (Å²) in [5.41, 5.74) is 0.790. The molecule has 16 heavy (non-hydrogen) atoms. The van der Waals surface area contributed by atoms with Gasteiger partial charge >= 0.3 is 0 Å². The van der Waals surface area contributed by atoms with Gasteiger partial charge in [0.1, 0.15) is 0 Å². The molecule has 3 atom stereocenters. The third kappa shape index (κ3) is 3.79. The van der Waals surface area contributed by atoms with E-state index in [1.54, 1.807) is 6.42 Å². The van der Waals surface area contributed by atoms with Gasteiger partial charge in [0.25, 0.3) is 0 Å². The number of hydrogen-bond acceptors (Lipinski definition) is 0. The quantitative estimate of drug-likeness (QED) is 0.463. The van der Waals surface area contributed by atoms with Gasteiger partial charge in [-0.25, -0.2) is 0 Å². The molecular formula is C16H32. The summed E-state index contributed by atoms with van der Waals surface area (Å²) in [5.74, 6) is 2.05. The van der Waals surface area contributed by atoms with E-state index in [1.165, 1.54) is 51.4 Å². The topological polar surface area (TPSA) is 0 Å². The molecule has 0 aliphatic heterocycles. The lowest BCUT2D eigenvalue weighted by Gasteiger charge is -2.21. The SMILES string of the molecule is CCCCC(C)CC1(CCC)CC1CCC. The molecule has 0 spiro atoms. The lowest BCUT2D eigenvalue weighted by Crippen LogP contribution is -2.10. The maximum absolute atomic E-state index is 2.48. The van der Waals surface area contributed by atoms with E-state index in [9.17, 15) is 0 Å². The van der Waals surface area contributed by atoms with Crippen molar-refractivity contribution in [2.24, 2.45) is 17.3 Å². The minimum Gasteiger partial charge on any atom is -0.0654 e. The fourth-order valence-electron chi connectivity index (χ4n) is 3.69. The summed E-state index contributed by atoms with van der Waals surface area (Å²) in [6.07, 6.45) is 13.1. The van der Waals surface area contributed by atoms with Gasteiger partial charge in [-0.15, -0.1) is 0 Å². The number of rotatable bonds is 9. The summed E-state index contributed by atoms with van der Waals surface area (Å²) in [6.45, 7) is 9.50. The molecule has 0 aromatic heterocycles. The zero-order valence-electron chi connectivity index (χ0n) is 12.0. The first kappa shape index (κ1) is 14.1. The van der Waals surface area contributed by atoms with E-state index in [2.05, 4.69) is 27.7 Å². The smallest absolute Gasteiger partial charge is 0.0264 e. The molecule has 0 aromatic rings. The van der Waals surface area contributed by atoms with E-state index in [0.717, 1.165) is 17.3 Å². The van der Waals surface area contributed by atoms with Crippen molar-refractivity contribution < 1.29 is 0 Å². The van der Waals surface area contributed by atoms with Gasteiger partial charge in [0, 0.05) is 0 Å². The summed E-state index contributed by atoms with van der Waals surface area (Å²) in [5, 5.41) is 0. The molecule has 0 saturated heterocycles. The first-order valence-corrected chi connectivity index (χ1v) is 7.68. The molecular weight excluding hydrogens is 192 g/mol. The lowest BCUT2D eigenvalue weighted by molar-refractivity contribution is 0.298. The van der Waals surface area contributed by atoms with Crippen molar-refractivity contribution in [3.8, 4) is 0 Å². The largest absolute Gasteiger partial charge is 0.0654 e. The second kappa shape index (κ2) is 6.67. The molecule has 3 unspecified atom stereocenters. The maximum Gasteiger partial charge on any atom is -0.0264 e. The number of unbranched alkanes of at least 4 members (excludes halogenated alkanes) is 1. The molecule has 1 rings (SSSR count).